The lowest BCUT2D eigenvalue weighted by molar-refractivity contribution is 1.01. The van der Waals surface area contributed by atoms with E-state index < -0.39 is 0 Å². The summed E-state index contributed by atoms with van der Waals surface area (Å²) in [5.74, 6) is 0. The number of nitrogens with one attached hydrogen (secondary N) is 1. The van der Waals surface area contributed by atoms with E-state index in [-0.39, 0.29) is 5.56 Å². The molecule has 2 aromatic carbocycles. The standard InChI is InChI=1S/C16H12N2O/c19-16-15-9-8-13(10-14(15)11-17-18-16)7-6-12-4-2-1-3-5-12/h1-11H,(H,18,19)/b7-6+. The highest BCUT2D eigenvalue weighted by Crippen LogP contribution is 2.13. The van der Waals surface area contributed by atoms with Crippen LogP contribution in [0.3, 0.4) is 0 Å². The molecule has 1 aromatic heterocycles. The van der Waals surface area contributed by atoms with Gasteiger partial charge in [0.15, 0.2) is 0 Å². The van der Waals surface area contributed by atoms with Crippen LogP contribution in [0.1, 0.15) is 11.1 Å². The summed E-state index contributed by atoms with van der Waals surface area (Å²) < 4.78 is 0. The summed E-state index contributed by atoms with van der Waals surface area (Å²) in [6, 6.07) is 15.8. The molecular weight excluding hydrogens is 236 g/mol. The van der Waals surface area contributed by atoms with Gasteiger partial charge in [-0.05, 0) is 23.3 Å². The number of nitrogens with zero attached hydrogens (tertiary/aromatic N) is 1. The Hall–Kier alpha value is -2.68. The quantitative estimate of drug-likeness (QED) is 0.708. The maximum atomic E-state index is 11.5. The molecule has 92 valence electrons. The Bertz CT molecular complexity index is 788. The average Bonchev–Trinajstić information content (AvgIpc) is 2.46. The lowest BCUT2D eigenvalue weighted by Crippen LogP contribution is -2.06. The molecule has 0 spiro atoms. The third-order valence-electron chi connectivity index (χ3n) is 2.96. The van der Waals surface area contributed by atoms with Crippen LogP contribution in [0.2, 0.25) is 0 Å². The molecule has 0 aliphatic carbocycles. The third kappa shape index (κ3) is 2.45. The van der Waals surface area contributed by atoms with Crippen LogP contribution in [-0.4, -0.2) is 10.2 Å². The molecule has 0 atom stereocenters. The summed E-state index contributed by atoms with van der Waals surface area (Å²) in [6.45, 7) is 0. The number of aromatic amines is 1. The zero-order valence-electron chi connectivity index (χ0n) is 10.2. The molecular formula is C16H12N2O. The van der Waals surface area contributed by atoms with Gasteiger partial charge >= 0.3 is 0 Å². The molecule has 3 aromatic rings. The smallest absolute Gasteiger partial charge is 0.267 e. The topological polar surface area (TPSA) is 45.8 Å². The van der Waals surface area contributed by atoms with Crippen molar-refractivity contribution >= 4 is 22.9 Å². The number of fused-ring (bicyclic) bond motifs is 1. The summed E-state index contributed by atoms with van der Waals surface area (Å²) >= 11 is 0. The summed E-state index contributed by atoms with van der Waals surface area (Å²) in [6.07, 6.45) is 5.73. The minimum atomic E-state index is -0.156. The molecule has 0 unspecified atom stereocenters. The molecule has 1 N–H and O–H groups in total. The molecule has 0 amide bonds. The van der Waals surface area contributed by atoms with Gasteiger partial charge in [0, 0.05) is 5.39 Å². The van der Waals surface area contributed by atoms with Crippen molar-refractivity contribution in [1.29, 1.82) is 0 Å². The van der Waals surface area contributed by atoms with Gasteiger partial charge in [0.2, 0.25) is 0 Å². The zero-order valence-corrected chi connectivity index (χ0v) is 10.2. The van der Waals surface area contributed by atoms with Crippen molar-refractivity contribution < 1.29 is 0 Å². The van der Waals surface area contributed by atoms with E-state index in [0.29, 0.717) is 5.39 Å². The highest BCUT2D eigenvalue weighted by molar-refractivity contribution is 5.84. The average molecular weight is 248 g/mol. The largest absolute Gasteiger partial charge is 0.272 e. The first kappa shape index (κ1) is 11.4. The molecule has 0 aliphatic heterocycles. The van der Waals surface area contributed by atoms with E-state index in [1.54, 1.807) is 6.20 Å². The van der Waals surface area contributed by atoms with Crippen LogP contribution in [0.25, 0.3) is 22.9 Å². The molecule has 0 saturated heterocycles. The first-order valence-electron chi connectivity index (χ1n) is 6.03. The number of rotatable bonds is 2. The van der Waals surface area contributed by atoms with Crippen molar-refractivity contribution in [3.8, 4) is 0 Å². The molecule has 3 rings (SSSR count). The Morgan fingerprint density at radius 3 is 2.58 bits per heavy atom. The number of hydrogen-bond donors (Lipinski definition) is 1. The Kier molecular flexibility index (Phi) is 2.94. The van der Waals surface area contributed by atoms with Crippen molar-refractivity contribution in [2.45, 2.75) is 0 Å². The maximum Gasteiger partial charge on any atom is 0.272 e. The second-order valence-electron chi connectivity index (χ2n) is 4.29. The fourth-order valence-electron chi connectivity index (χ4n) is 1.98. The third-order valence-corrected chi connectivity index (χ3v) is 2.96. The predicted molar refractivity (Wildman–Crippen MR) is 77.7 cm³/mol. The minimum Gasteiger partial charge on any atom is -0.267 e. The van der Waals surface area contributed by atoms with Crippen LogP contribution in [0, 0.1) is 0 Å². The Labute approximate surface area is 110 Å². The van der Waals surface area contributed by atoms with Crippen molar-refractivity contribution in [3.05, 3.63) is 76.2 Å². The van der Waals surface area contributed by atoms with Crippen molar-refractivity contribution in [1.82, 2.24) is 10.2 Å². The van der Waals surface area contributed by atoms with Crippen LogP contribution in [-0.2, 0) is 0 Å². The second kappa shape index (κ2) is 4.90. The van der Waals surface area contributed by atoms with Crippen molar-refractivity contribution in [2.75, 3.05) is 0 Å². The molecule has 0 fully saturated rings. The van der Waals surface area contributed by atoms with Gasteiger partial charge in [-0.2, -0.15) is 5.10 Å². The fourth-order valence-corrected chi connectivity index (χ4v) is 1.98. The molecule has 0 radical (unpaired) electrons. The first-order chi connectivity index (χ1) is 9.33. The summed E-state index contributed by atoms with van der Waals surface area (Å²) in [5, 5.41) is 7.74. The van der Waals surface area contributed by atoms with Gasteiger partial charge in [-0.25, -0.2) is 5.10 Å². The van der Waals surface area contributed by atoms with Gasteiger partial charge in [0.25, 0.3) is 5.56 Å². The normalized spacial score (nSPS) is 11.2. The molecule has 3 heteroatoms. The highest BCUT2D eigenvalue weighted by Gasteiger charge is 1.98. The van der Waals surface area contributed by atoms with E-state index >= 15 is 0 Å². The molecule has 0 bridgehead atoms. The van der Waals surface area contributed by atoms with E-state index in [2.05, 4.69) is 10.2 Å². The zero-order chi connectivity index (χ0) is 13.1. The van der Waals surface area contributed by atoms with Crippen molar-refractivity contribution in [3.63, 3.8) is 0 Å². The molecule has 19 heavy (non-hydrogen) atoms. The van der Waals surface area contributed by atoms with Gasteiger partial charge < -0.3 is 0 Å². The number of H-pyrrole nitrogens is 1. The van der Waals surface area contributed by atoms with Gasteiger partial charge in [0.1, 0.15) is 0 Å². The molecule has 1 heterocycles. The first-order valence-corrected chi connectivity index (χ1v) is 6.03. The van der Waals surface area contributed by atoms with E-state index in [1.807, 2.05) is 60.7 Å². The summed E-state index contributed by atoms with van der Waals surface area (Å²) in [4.78, 5) is 11.5. The number of aromatic nitrogens is 2. The van der Waals surface area contributed by atoms with Crippen molar-refractivity contribution in [2.24, 2.45) is 0 Å². The predicted octanol–water partition coefficient (Wildman–Crippen LogP) is 3.09. The Morgan fingerprint density at radius 2 is 1.74 bits per heavy atom. The lowest BCUT2D eigenvalue weighted by atomic mass is 10.1. The molecule has 0 saturated carbocycles. The maximum absolute atomic E-state index is 11.5. The van der Waals surface area contributed by atoms with Crippen LogP contribution >= 0.6 is 0 Å². The summed E-state index contributed by atoms with van der Waals surface area (Å²) in [5.41, 5.74) is 2.03. The van der Waals surface area contributed by atoms with Crippen LogP contribution in [0.5, 0.6) is 0 Å². The van der Waals surface area contributed by atoms with E-state index in [0.717, 1.165) is 16.5 Å². The second-order valence-corrected chi connectivity index (χ2v) is 4.29. The molecule has 3 nitrogen and oxygen atoms in total. The Balaban J connectivity index is 1.98. The van der Waals surface area contributed by atoms with Crippen LogP contribution in [0.15, 0.2) is 59.5 Å². The number of hydrogen-bond acceptors (Lipinski definition) is 2. The van der Waals surface area contributed by atoms with Gasteiger partial charge in [0.05, 0.1) is 11.6 Å². The van der Waals surface area contributed by atoms with Crippen LogP contribution in [0.4, 0.5) is 0 Å². The minimum absolute atomic E-state index is 0.156. The van der Waals surface area contributed by atoms with Gasteiger partial charge in [-0.3, -0.25) is 4.79 Å². The molecule has 0 aliphatic rings. The van der Waals surface area contributed by atoms with E-state index in [4.69, 9.17) is 0 Å². The number of benzene rings is 2. The Morgan fingerprint density at radius 1 is 0.947 bits per heavy atom. The highest BCUT2D eigenvalue weighted by atomic mass is 16.1. The lowest BCUT2D eigenvalue weighted by Gasteiger charge is -1.98. The van der Waals surface area contributed by atoms with Gasteiger partial charge in [-0.15, -0.1) is 0 Å². The summed E-state index contributed by atoms with van der Waals surface area (Å²) in [7, 11) is 0. The van der Waals surface area contributed by atoms with Gasteiger partial charge in [-0.1, -0.05) is 48.6 Å². The fraction of sp³-hybridized carbons (Fsp3) is 0. The van der Waals surface area contributed by atoms with E-state index in [9.17, 15) is 4.79 Å². The SMILES string of the molecule is O=c1[nH]ncc2cc(/C=C/c3ccccc3)ccc12. The van der Waals surface area contributed by atoms with Crippen LogP contribution < -0.4 is 5.56 Å². The van der Waals surface area contributed by atoms with E-state index in [1.165, 1.54) is 0 Å². The monoisotopic (exact) mass is 248 g/mol.